The molecule has 6 nitrogen and oxygen atoms in total. The minimum Gasteiger partial charge on any atom is -0.338 e. The van der Waals surface area contributed by atoms with E-state index in [2.05, 4.69) is 24.5 Å². The lowest BCUT2D eigenvalue weighted by molar-refractivity contribution is -0.115. The number of amides is 3. The Morgan fingerprint density at radius 3 is 2.33 bits per heavy atom. The van der Waals surface area contributed by atoms with Gasteiger partial charge < -0.3 is 15.5 Å². The number of rotatable bonds is 7. The largest absolute Gasteiger partial charge is 0.338 e. The van der Waals surface area contributed by atoms with Gasteiger partial charge >= 0.3 is 0 Å². The molecule has 2 N–H and O–H groups in total. The summed E-state index contributed by atoms with van der Waals surface area (Å²) in [5, 5.41) is 5.01. The van der Waals surface area contributed by atoms with E-state index in [0.29, 0.717) is 41.9 Å². The molecule has 1 heterocycles. The van der Waals surface area contributed by atoms with Gasteiger partial charge in [-0.05, 0) is 61.6 Å². The zero-order valence-corrected chi connectivity index (χ0v) is 20.0. The molecule has 3 atom stereocenters. The van der Waals surface area contributed by atoms with Crippen molar-refractivity contribution in [2.45, 2.75) is 32.4 Å². The quantitative estimate of drug-likeness (QED) is 0.617. The van der Waals surface area contributed by atoms with Crippen LogP contribution in [0.4, 0.5) is 15.8 Å². The molecule has 2 aromatic rings. The Bertz CT molecular complexity index is 989. The van der Waals surface area contributed by atoms with E-state index in [0.717, 1.165) is 6.42 Å². The van der Waals surface area contributed by atoms with Gasteiger partial charge in [-0.25, -0.2) is 4.39 Å². The van der Waals surface area contributed by atoms with Crippen LogP contribution in [0.2, 0.25) is 0 Å². The fourth-order valence-electron chi connectivity index (χ4n) is 4.02. The SMILES string of the molecule is CC1CC(C)CN(C(=O)c2ccccc2NC(=O)C(C)SCC(=O)Nc2ccc(F)cc2)C1. The van der Waals surface area contributed by atoms with Crippen molar-refractivity contribution in [3.63, 3.8) is 0 Å². The molecule has 1 aliphatic heterocycles. The van der Waals surface area contributed by atoms with Crippen LogP contribution in [-0.2, 0) is 9.59 Å². The number of nitrogens with one attached hydrogen (secondary N) is 2. The smallest absolute Gasteiger partial charge is 0.255 e. The molecule has 1 saturated heterocycles. The standard InChI is InChI=1S/C25H30FN3O3S/c1-16-12-17(2)14-29(13-16)25(32)21-6-4-5-7-22(21)28-24(31)18(3)33-15-23(30)27-20-10-8-19(26)9-11-20/h4-11,16-18H,12-15H2,1-3H3,(H,27,30)(H,28,31). The number of carbonyl (C=O) groups is 3. The molecule has 0 saturated carbocycles. The van der Waals surface area contributed by atoms with Crippen LogP contribution in [0.5, 0.6) is 0 Å². The van der Waals surface area contributed by atoms with Crippen molar-refractivity contribution in [1.29, 1.82) is 0 Å². The summed E-state index contributed by atoms with van der Waals surface area (Å²) in [6.07, 6.45) is 1.10. The molecule has 0 spiro atoms. The Morgan fingerprint density at radius 2 is 1.67 bits per heavy atom. The molecule has 0 radical (unpaired) electrons. The summed E-state index contributed by atoms with van der Waals surface area (Å²) >= 11 is 1.18. The van der Waals surface area contributed by atoms with Gasteiger partial charge in [0.05, 0.1) is 22.3 Å². The van der Waals surface area contributed by atoms with Gasteiger partial charge in [0.1, 0.15) is 5.82 Å². The fourth-order valence-corrected chi connectivity index (χ4v) is 4.70. The summed E-state index contributed by atoms with van der Waals surface area (Å²) in [5.74, 6) is -0.0749. The van der Waals surface area contributed by atoms with E-state index < -0.39 is 5.25 Å². The van der Waals surface area contributed by atoms with Crippen molar-refractivity contribution in [1.82, 2.24) is 4.90 Å². The van der Waals surface area contributed by atoms with E-state index >= 15 is 0 Å². The molecule has 0 aromatic heterocycles. The maximum Gasteiger partial charge on any atom is 0.255 e. The van der Waals surface area contributed by atoms with Crippen molar-refractivity contribution in [2.24, 2.45) is 11.8 Å². The van der Waals surface area contributed by atoms with Gasteiger partial charge in [-0.15, -0.1) is 11.8 Å². The van der Waals surface area contributed by atoms with Crippen molar-refractivity contribution >= 4 is 40.9 Å². The molecule has 0 aliphatic carbocycles. The van der Waals surface area contributed by atoms with Crippen LogP contribution < -0.4 is 10.6 Å². The average Bonchev–Trinajstić information content (AvgIpc) is 2.78. The maximum atomic E-state index is 13.2. The third-order valence-corrected chi connectivity index (χ3v) is 6.68. The Labute approximate surface area is 198 Å². The van der Waals surface area contributed by atoms with Crippen LogP contribution in [-0.4, -0.2) is 46.7 Å². The molecule has 33 heavy (non-hydrogen) atoms. The van der Waals surface area contributed by atoms with Gasteiger partial charge in [-0.3, -0.25) is 14.4 Å². The number of thioether (sulfide) groups is 1. The lowest BCUT2D eigenvalue weighted by Gasteiger charge is -2.35. The molecule has 0 bridgehead atoms. The van der Waals surface area contributed by atoms with Crippen molar-refractivity contribution in [3.8, 4) is 0 Å². The number of nitrogens with zero attached hydrogens (tertiary/aromatic N) is 1. The summed E-state index contributed by atoms with van der Waals surface area (Å²) in [7, 11) is 0. The zero-order valence-electron chi connectivity index (χ0n) is 19.1. The van der Waals surface area contributed by atoms with Crippen molar-refractivity contribution in [3.05, 3.63) is 59.9 Å². The van der Waals surface area contributed by atoms with E-state index in [1.54, 1.807) is 31.2 Å². The van der Waals surface area contributed by atoms with Crippen LogP contribution in [0.3, 0.4) is 0 Å². The number of para-hydroxylation sites is 1. The molecular weight excluding hydrogens is 441 g/mol. The topological polar surface area (TPSA) is 78.5 Å². The number of likely N-dealkylation sites (tertiary alicyclic amines) is 1. The average molecular weight is 472 g/mol. The van der Waals surface area contributed by atoms with Crippen LogP contribution in [0.25, 0.3) is 0 Å². The van der Waals surface area contributed by atoms with E-state index in [1.165, 1.54) is 36.0 Å². The number of halogens is 1. The minimum atomic E-state index is -0.512. The highest BCUT2D eigenvalue weighted by Gasteiger charge is 2.28. The second-order valence-electron chi connectivity index (χ2n) is 8.70. The third-order valence-electron chi connectivity index (χ3n) is 5.53. The second kappa shape index (κ2) is 11.3. The van der Waals surface area contributed by atoms with Gasteiger partial charge in [-0.1, -0.05) is 26.0 Å². The number of hydrogen-bond donors (Lipinski definition) is 2. The van der Waals surface area contributed by atoms with Gasteiger partial charge in [-0.2, -0.15) is 0 Å². The number of anilines is 2. The maximum absolute atomic E-state index is 13.2. The van der Waals surface area contributed by atoms with E-state index in [9.17, 15) is 18.8 Å². The Balaban J connectivity index is 1.56. The summed E-state index contributed by atoms with van der Waals surface area (Å²) in [4.78, 5) is 39.9. The van der Waals surface area contributed by atoms with Gasteiger partial charge in [0, 0.05) is 18.8 Å². The highest BCUT2D eigenvalue weighted by atomic mass is 32.2. The Kier molecular flexibility index (Phi) is 8.49. The lowest BCUT2D eigenvalue weighted by atomic mass is 9.91. The van der Waals surface area contributed by atoms with Gasteiger partial charge in [0.2, 0.25) is 11.8 Å². The summed E-state index contributed by atoms with van der Waals surface area (Å²) in [6.45, 7) is 7.43. The fraction of sp³-hybridized carbons (Fsp3) is 0.400. The Hall–Kier alpha value is -2.87. The molecule has 3 amide bonds. The minimum absolute atomic E-state index is 0.0656. The van der Waals surface area contributed by atoms with Crippen LogP contribution >= 0.6 is 11.8 Å². The number of piperidine rings is 1. The number of benzene rings is 2. The number of carbonyl (C=O) groups excluding carboxylic acids is 3. The zero-order chi connectivity index (χ0) is 24.0. The second-order valence-corrected chi connectivity index (χ2v) is 10.0. The molecular formula is C25H30FN3O3S. The molecule has 2 aromatic carbocycles. The molecule has 3 rings (SSSR count). The first kappa shape index (κ1) is 24.8. The van der Waals surface area contributed by atoms with Crippen molar-refractivity contribution in [2.75, 3.05) is 29.5 Å². The third kappa shape index (κ3) is 7.05. The summed E-state index contributed by atoms with van der Waals surface area (Å²) < 4.78 is 13.0. The van der Waals surface area contributed by atoms with Gasteiger partial charge in [0.25, 0.3) is 5.91 Å². The molecule has 8 heteroatoms. The van der Waals surface area contributed by atoms with E-state index in [4.69, 9.17) is 0 Å². The Morgan fingerprint density at radius 1 is 1.03 bits per heavy atom. The first-order valence-corrected chi connectivity index (χ1v) is 12.1. The van der Waals surface area contributed by atoms with E-state index in [-0.39, 0.29) is 29.3 Å². The van der Waals surface area contributed by atoms with Crippen LogP contribution in [0.1, 0.15) is 37.6 Å². The highest BCUT2D eigenvalue weighted by Crippen LogP contribution is 2.25. The first-order chi connectivity index (χ1) is 15.7. The van der Waals surface area contributed by atoms with Crippen LogP contribution in [0, 0.1) is 17.7 Å². The summed E-state index contributed by atoms with van der Waals surface area (Å²) in [5.41, 5.74) is 1.44. The molecule has 3 unspecified atom stereocenters. The predicted molar refractivity (Wildman–Crippen MR) is 131 cm³/mol. The predicted octanol–water partition coefficient (Wildman–Crippen LogP) is 4.64. The van der Waals surface area contributed by atoms with Gasteiger partial charge in [0.15, 0.2) is 0 Å². The monoisotopic (exact) mass is 471 g/mol. The normalized spacial score (nSPS) is 19.0. The van der Waals surface area contributed by atoms with Crippen LogP contribution in [0.15, 0.2) is 48.5 Å². The molecule has 176 valence electrons. The molecule has 1 aliphatic rings. The molecule has 1 fully saturated rings. The van der Waals surface area contributed by atoms with E-state index in [1.807, 2.05) is 4.90 Å². The number of hydrogen-bond acceptors (Lipinski definition) is 4. The highest BCUT2D eigenvalue weighted by molar-refractivity contribution is 8.01. The summed E-state index contributed by atoms with van der Waals surface area (Å²) in [6, 6.07) is 12.5. The van der Waals surface area contributed by atoms with Crippen molar-refractivity contribution < 1.29 is 18.8 Å². The first-order valence-electron chi connectivity index (χ1n) is 11.1. The lowest BCUT2D eigenvalue weighted by Crippen LogP contribution is -2.42.